The monoisotopic (exact) mass is 414 g/mol. The van der Waals surface area contributed by atoms with E-state index in [-0.39, 0.29) is 0 Å². The number of carbonyl (C=O) groups excluding carboxylic acids is 1. The van der Waals surface area contributed by atoms with Crippen molar-refractivity contribution in [2.45, 2.75) is 103 Å². The summed E-state index contributed by atoms with van der Waals surface area (Å²) in [5.74, 6) is 0.302. The first-order valence-electron chi connectivity index (χ1n) is 10.0. The second kappa shape index (κ2) is 15.1. The Bertz CT molecular complexity index is 427. The fourth-order valence-corrected chi connectivity index (χ4v) is 4.65. The van der Waals surface area contributed by atoms with Gasteiger partial charge in [0.1, 0.15) is 0 Å². The standard InChI is InChI=1S/C21H35BrOS/c1-2-3-4-5-6-7-8-9-10-11-12-13-14-15-16-20(23)21-19(22)17-18-24-21/h17-18H,2-16H2,1H3. The summed E-state index contributed by atoms with van der Waals surface area (Å²) in [7, 11) is 0. The van der Waals surface area contributed by atoms with Gasteiger partial charge >= 0.3 is 0 Å². The molecule has 138 valence electrons. The Labute approximate surface area is 161 Å². The fraction of sp³-hybridized carbons (Fsp3) is 0.762. The van der Waals surface area contributed by atoms with Gasteiger partial charge in [-0.05, 0) is 33.8 Å². The summed E-state index contributed by atoms with van der Waals surface area (Å²) in [6.07, 6.45) is 19.7. The number of Topliss-reactive ketones (excluding diaryl/α,β-unsaturated/α-hetero) is 1. The first-order valence-corrected chi connectivity index (χ1v) is 11.7. The molecule has 1 aromatic heterocycles. The average molecular weight is 415 g/mol. The van der Waals surface area contributed by atoms with Crippen LogP contribution in [0.4, 0.5) is 0 Å². The predicted octanol–water partition coefficient (Wildman–Crippen LogP) is 8.56. The molecule has 0 aromatic carbocycles. The van der Waals surface area contributed by atoms with Crippen LogP contribution in [0.15, 0.2) is 15.9 Å². The summed E-state index contributed by atoms with van der Waals surface area (Å²) in [6.45, 7) is 2.28. The Morgan fingerprint density at radius 3 is 1.71 bits per heavy atom. The fourth-order valence-electron chi connectivity index (χ4n) is 3.09. The van der Waals surface area contributed by atoms with Crippen LogP contribution in [-0.2, 0) is 0 Å². The molecule has 0 radical (unpaired) electrons. The number of hydrogen-bond acceptors (Lipinski definition) is 2. The van der Waals surface area contributed by atoms with Crippen LogP contribution in [0.3, 0.4) is 0 Å². The zero-order valence-corrected chi connectivity index (χ0v) is 17.9. The molecule has 1 rings (SSSR count). The highest BCUT2D eigenvalue weighted by Gasteiger charge is 2.10. The largest absolute Gasteiger partial charge is 0.293 e. The average Bonchev–Trinajstić information content (AvgIpc) is 3.01. The van der Waals surface area contributed by atoms with Crippen molar-refractivity contribution in [3.8, 4) is 0 Å². The second-order valence-corrected chi connectivity index (χ2v) is 8.64. The molecule has 3 heteroatoms. The van der Waals surface area contributed by atoms with Crippen LogP contribution >= 0.6 is 27.3 Å². The van der Waals surface area contributed by atoms with E-state index < -0.39 is 0 Å². The lowest BCUT2D eigenvalue weighted by molar-refractivity contribution is 0.0982. The normalized spacial score (nSPS) is 11.1. The van der Waals surface area contributed by atoms with Crippen LogP contribution in [0.5, 0.6) is 0 Å². The molecule has 1 heterocycles. The van der Waals surface area contributed by atoms with E-state index in [2.05, 4.69) is 22.9 Å². The first-order chi connectivity index (χ1) is 11.8. The topological polar surface area (TPSA) is 17.1 Å². The van der Waals surface area contributed by atoms with Crippen molar-refractivity contribution in [3.05, 3.63) is 20.8 Å². The SMILES string of the molecule is CCCCCCCCCCCCCCCCC(=O)c1sccc1Br. The minimum atomic E-state index is 0.302. The van der Waals surface area contributed by atoms with Gasteiger partial charge in [0.25, 0.3) is 0 Å². The predicted molar refractivity (Wildman–Crippen MR) is 111 cm³/mol. The van der Waals surface area contributed by atoms with Gasteiger partial charge in [-0.15, -0.1) is 11.3 Å². The van der Waals surface area contributed by atoms with E-state index in [1.165, 1.54) is 83.5 Å². The Balaban J connectivity index is 1.81. The van der Waals surface area contributed by atoms with Gasteiger partial charge in [-0.3, -0.25) is 4.79 Å². The summed E-state index contributed by atoms with van der Waals surface area (Å²) in [5, 5.41) is 1.97. The molecule has 0 saturated carbocycles. The number of rotatable bonds is 16. The van der Waals surface area contributed by atoms with E-state index >= 15 is 0 Å². The zero-order chi connectivity index (χ0) is 17.5. The number of hydrogen-bond donors (Lipinski definition) is 0. The van der Waals surface area contributed by atoms with E-state index in [1.54, 1.807) is 11.3 Å². The smallest absolute Gasteiger partial charge is 0.173 e. The van der Waals surface area contributed by atoms with Crippen molar-refractivity contribution in [1.29, 1.82) is 0 Å². The number of halogens is 1. The maximum Gasteiger partial charge on any atom is 0.173 e. The number of unbranched alkanes of at least 4 members (excludes halogenated alkanes) is 13. The van der Waals surface area contributed by atoms with Crippen LogP contribution in [0, 0.1) is 0 Å². The summed E-state index contributed by atoms with van der Waals surface area (Å²) in [4.78, 5) is 12.9. The summed E-state index contributed by atoms with van der Waals surface area (Å²) >= 11 is 4.99. The Hall–Kier alpha value is -0.150. The van der Waals surface area contributed by atoms with Crippen LogP contribution in [0.1, 0.15) is 113 Å². The van der Waals surface area contributed by atoms with E-state index in [0.29, 0.717) is 12.2 Å². The van der Waals surface area contributed by atoms with Gasteiger partial charge in [-0.1, -0.05) is 90.4 Å². The van der Waals surface area contributed by atoms with Crippen molar-refractivity contribution in [3.63, 3.8) is 0 Å². The molecule has 0 saturated heterocycles. The summed E-state index contributed by atoms with van der Waals surface area (Å²) < 4.78 is 0.961. The quantitative estimate of drug-likeness (QED) is 0.195. The first kappa shape index (κ1) is 21.9. The second-order valence-electron chi connectivity index (χ2n) is 6.87. The van der Waals surface area contributed by atoms with Crippen LogP contribution in [0.25, 0.3) is 0 Å². The number of ketones is 1. The van der Waals surface area contributed by atoms with Gasteiger partial charge in [0.05, 0.1) is 4.88 Å². The number of thiophene rings is 1. The van der Waals surface area contributed by atoms with E-state index in [1.807, 2.05) is 11.4 Å². The van der Waals surface area contributed by atoms with Gasteiger partial charge in [0, 0.05) is 10.9 Å². The number of carbonyl (C=O) groups is 1. The highest BCUT2D eigenvalue weighted by Crippen LogP contribution is 2.24. The van der Waals surface area contributed by atoms with E-state index in [4.69, 9.17) is 0 Å². The molecule has 0 unspecified atom stereocenters. The molecule has 0 N–H and O–H groups in total. The molecule has 1 aromatic rings. The Morgan fingerprint density at radius 1 is 0.833 bits per heavy atom. The Kier molecular flexibility index (Phi) is 13.8. The van der Waals surface area contributed by atoms with Gasteiger partial charge in [0.2, 0.25) is 0 Å². The zero-order valence-electron chi connectivity index (χ0n) is 15.5. The van der Waals surface area contributed by atoms with Gasteiger partial charge in [-0.25, -0.2) is 0 Å². The third kappa shape index (κ3) is 10.7. The summed E-state index contributed by atoms with van der Waals surface area (Å²) in [5.41, 5.74) is 0. The molecule has 0 spiro atoms. The molecule has 0 aliphatic heterocycles. The molecular weight excluding hydrogens is 380 g/mol. The Morgan fingerprint density at radius 2 is 1.29 bits per heavy atom. The highest BCUT2D eigenvalue weighted by molar-refractivity contribution is 9.10. The van der Waals surface area contributed by atoms with Crippen molar-refractivity contribution in [1.82, 2.24) is 0 Å². The molecule has 0 aliphatic carbocycles. The van der Waals surface area contributed by atoms with Crippen molar-refractivity contribution in [2.75, 3.05) is 0 Å². The molecule has 0 aliphatic rings. The van der Waals surface area contributed by atoms with E-state index in [9.17, 15) is 4.79 Å². The lowest BCUT2D eigenvalue weighted by Crippen LogP contribution is -1.96. The van der Waals surface area contributed by atoms with Crippen molar-refractivity contribution < 1.29 is 4.79 Å². The lowest BCUT2D eigenvalue weighted by atomic mass is 10.0. The van der Waals surface area contributed by atoms with Crippen molar-refractivity contribution >= 4 is 33.0 Å². The molecule has 0 amide bonds. The van der Waals surface area contributed by atoms with Gasteiger partial charge in [-0.2, -0.15) is 0 Å². The minimum Gasteiger partial charge on any atom is -0.293 e. The third-order valence-corrected chi connectivity index (χ3v) is 6.51. The molecular formula is C21H35BrOS. The van der Waals surface area contributed by atoms with Crippen molar-refractivity contribution in [2.24, 2.45) is 0 Å². The van der Waals surface area contributed by atoms with Crippen LogP contribution in [-0.4, -0.2) is 5.78 Å². The minimum absolute atomic E-state index is 0.302. The summed E-state index contributed by atoms with van der Waals surface area (Å²) in [6, 6.07) is 1.96. The highest BCUT2D eigenvalue weighted by atomic mass is 79.9. The third-order valence-electron chi connectivity index (χ3n) is 4.63. The maximum atomic E-state index is 12.0. The van der Waals surface area contributed by atoms with Crippen LogP contribution in [0.2, 0.25) is 0 Å². The molecule has 0 bridgehead atoms. The van der Waals surface area contributed by atoms with Gasteiger partial charge < -0.3 is 0 Å². The maximum absolute atomic E-state index is 12.0. The van der Waals surface area contributed by atoms with E-state index in [0.717, 1.165) is 15.8 Å². The van der Waals surface area contributed by atoms with Crippen LogP contribution < -0.4 is 0 Å². The molecule has 0 atom stereocenters. The molecule has 0 fully saturated rings. The lowest BCUT2D eigenvalue weighted by Gasteiger charge is -2.03. The van der Waals surface area contributed by atoms with Gasteiger partial charge in [0.15, 0.2) is 5.78 Å². The molecule has 1 nitrogen and oxygen atoms in total. The molecule has 24 heavy (non-hydrogen) atoms.